The predicted octanol–water partition coefficient (Wildman–Crippen LogP) is 1.34. The molecule has 1 saturated heterocycles. The highest BCUT2D eigenvalue weighted by atomic mass is 16.6. The minimum Gasteiger partial charge on any atom is -0.459 e. The normalized spacial score (nSPS) is 51.2. The van der Waals surface area contributed by atoms with Crippen LogP contribution in [0, 0.1) is 23.7 Å². The van der Waals surface area contributed by atoms with E-state index >= 15 is 0 Å². The van der Waals surface area contributed by atoms with Gasteiger partial charge in [0.25, 0.3) is 0 Å². The molecule has 0 aromatic heterocycles. The van der Waals surface area contributed by atoms with Gasteiger partial charge in [0.2, 0.25) is 0 Å². The summed E-state index contributed by atoms with van der Waals surface area (Å²) in [4.78, 5) is 11.7. The number of esters is 1. The average Bonchev–Trinajstić information content (AvgIpc) is 2.79. The molecule has 2 aliphatic carbocycles. The Morgan fingerprint density at radius 1 is 1.47 bits per heavy atom. The van der Waals surface area contributed by atoms with Crippen LogP contribution in [0.1, 0.15) is 32.6 Å². The fraction of sp³-hybridized carbons (Fsp3) is 0.917. The summed E-state index contributed by atoms with van der Waals surface area (Å²) in [7, 11) is 0. The number of fused-ring (bicyclic) bond motifs is 1. The largest absolute Gasteiger partial charge is 0.459 e. The zero-order valence-corrected chi connectivity index (χ0v) is 9.06. The van der Waals surface area contributed by atoms with Crippen molar-refractivity contribution in [2.75, 3.05) is 0 Å². The van der Waals surface area contributed by atoms with Gasteiger partial charge in [0.1, 0.15) is 6.10 Å². The zero-order valence-electron chi connectivity index (χ0n) is 9.06. The first-order valence-corrected chi connectivity index (χ1v) is 6.12. The lowest BCUT2D eigenvalue weighted by molar-refractivity contribution is -0.146. The summed E-state index contributed by atoms with van der Waals surface area (Å²) < 4.78 is 5.27. The number of carbonyl (C=O) groups is 1. The van der Waals surface area contributed by atoms with E-state index in [9.17, 15) is 9.90 Å². The molecule has 0 amide bonds. The lowest BCUT2D eigenvalue weighted by Crippen LogP contribution is -2.37. The number of aliphatic hydroxyl groups excluding tert-OH is 1. The van der Waals surface area contributed by atoms with Crippen LogP contribution in [-0.2, 0) is 9.53 Å². The smallest absolute Gasteiger partial charge is 0.310 e. The molecular weight excluding hydrogens is 192 g/mol. The molecule has 2 saturated carbocycles. The number of rotatable bonds is 3. The lowest BCUT2D eigenvalue weighted by atomic mass is 9.76. The summed E-state index contributed by atoms with van der Waals surface area (Å²) >= 11 is 0. The highest BCUT2D eigenvalue weighted by Gasteiger charge is 2.65. The molecule has 84 valence electrons. The number of unbranched alkanes of at least 4 members (excludes halogenated alkanes) is 1. The SMILES string of the molecule is CCCCC1C2CC3C(OC(=O)C13)C2O. The van der Waals surface area contributed by atoms with E-state index < -0.39 is 0 Å². The second-order valence-corrected chi connectivity index (χ2v) is 5.29. The fourth-order valence-corrected chi connectivity index (χ4v) is 4.00. The van der Waals surface area contributed by atoms with Gasteiger partial charge in [-0.2, -0.15) is 0 Å². The molecule has 0 spiro atoms. The number of hydrogen-bond donors (Lipinski definition) is 1. The van der Waals surface area contributed by atoms with E-state index in [4.69, 9.17) is 4.74 Å². The van der Waals surface area contributed by atoms with Crippen LogP contribution in [0.4, 0.5) is 0 Å². The van der Waals surface area contributed by atoms with Crippen molar-refractivity contribution in [2.24, 2.45) is 23.7 Å². The molecule has 0 aromatic rings. The van der Waals surface area contributed by atoms with Crippen LogP contribution in [0.5, 0.6) is 0 Å². The summed E-state index contributed by atoms with van der Waals surface area (Å²) in [6, 6.07) is 0. The number of ether oxygens (including phenoxy) is 1. The molecule has 3 rings (SSSR count). The first kappa shape index (κ1) is 9.64. The van der Waals surface area contributed by atoms with Crippen molar-refractivity contribution in [2.45, 2.75) is 44.8 Å². The third-order valence-electron chi connectivity index (χ3n) is 4.63. The summed E-state index contributed by atoms with van der Waals surface area (Å²) in [6.07, 6.45) is 3.88. The topological polar surface area (TPSA) is 46.5 Å². The van der Waals surface area contributed by atoms with Crippen LogP contribution >= 0.6 is 0 Å². The van der Waals surface area contributed by atoms with E-state index in [2.05, 4.69) is 6.92 Å². The Morgan fingerprint density at radius 2 is 2.27 bits per heavy atom. The highest BCUT2D eigenvalue weighted by molar-refractivity contribution is 5.77. The molecule has 3 fully saturated rings. The van der Waals surface area contributed by atoms with Crippen molar-refractivity contribution in [3.8, 4) is 0 Å². The minimum atomic E-state index is -0.375. The van der Waals surface area contributed by atoms with Crippen LogP contribution in [0.3, 0.4) is 0 Å². The van der Waals surface area contributed by atoms with Gasteiger partial charge in [-0.25, -0.2) is 0 Å². The maximum absolute atomic E-state index is 11.7. The van der Waals surface area contributed by atoms with E-state index in [0.717, 1.165) is 25.7 Å². The van der Waals surface area contributed by atoms with Crippen molar-refractivity contribution in [1.29, 1.82) is 0 Å². The summed E-state index contributed by atoms with van der Waals surface area (Å²) in [5.41, 5.74) is 0. The van der Waals surface area contributed by atoms with Crippen LogP contribution in [-0.4, -0.2) is 23.3 Å². The summed E-state index contributed by atoms with van der Waals surface area (Å²) in [6.45, 7) is 2.17. The van der Waals surface area contributed by atoms with E-state index in [1.807, 2.05) is 0 Å². The van der Waals surface area contributed by atoms with Crippen LogP contribution < -0.4 is 0 Å². The van der Waals surface area contributed by atoms with Gasteiger partial charge >= 0.3 is 5.97 Å². The Balaban J connectivity index is 1.82. The molecule has 1 heterocycles. The Kier molecular flexibility index (Phi) is 2.06. The molecule has 6 unspecified atom stereocenters. The van der Waals surface area contributed by atoms with Crippen LogP contribution in [0.2, 0.25) is 0 Å². The Morgan fingerprint density at radius 3 is 3.00 bits per heavy atom. The average molecular weight is 210 g/mol. The highest BCUT2D eigenvalue weighted by Crippen LogP contribution is 2.58. The van der Waals surface area contributed by atoms with E-state index in [1.54, 1.807) is 0 Å². The van der Waals surface area contributed by atoms with Gasteiger partial charge in [-0.15, -0.1) is 0 Å². The Hall–Kier alpha value is -0.570. The Bertz CT molecular complexity index is 289. The molecule has 3 nitrogen and oxygen atoms in total. The number of aliphatic hydroxyl groups is 1. The third-order valence-corrected chi connectivity index (χ3v) is 4.63. The van der Waals surface area contributed by atoms with Gasteiger partial charge in [-0.1, -0.05) is 19.8 Å². The van der Waals surface area contributed by atoms with Gasteiger partial charge < -0.3 is 9.84 Å². The Labute approximate surface area is 89.8 Å². The molecular formula is C12H18O3. The van der Waals surface area contributed by atoms with Crippen molar-refractivity contribution < 1.29 is 14.6 Å². The molecule has 0 aromatic carbocycles. The van der Waals surface area contributed by atoms with Gasteiger partial charge in [0.15, 0.2) is 0 Å². The number of carbonyl (C=O) groups excluding carboxylic acids is 1. The van der Waals surface area contributed by atoms with Gasteiger partial charge in [-0.3, -0.25) is 4.79 Å². The first-order chi connectivity index (χ1) is 7.24. The standard InChI is InChI=1S/C12H18O3/c1-2-3-4-6-7-5-8-9(6)12(14)15-11(8)10(7)13/h6-11,13H,2-5H2,1H3. The van der Waals surface area contributed by atoms with Gasteiger partial charge in [-0.05, 0) is 24.7 Å². The lowest BCUT2D eigenvalue weighted by Gasteiger charge is -2.28. The molecule has 2 bridgehead atoms. The molecule has 1 aliphatic heterocycles. The second-order valence-electron chi connectivity index (χ2n) is 5.29. The van der Waals surface area contributed by atoms with Gasteiger partial charge in [0.05, 0.1) is 12.0 Å². The molecule has 6 atom stereocenters. The molecule has 0 radical (unpaired) electrons. The molecule has 3 aliphatic rings. The third kappa shape index (κ3) is 1.13. The molecule has 3 heteroatoms. The van der Waals surface area contributed by atoms with Crippen LogP contribution in [0.15, 0.2) is 0 Å². The quantitative estimate of drug-likeness (QED) is 0.715. The zero-order chi connectivity index (χ0) is 10.6. The van der Waals surface area contributed by atoms with Gasteiger partial charge in [0, 0.05) is 5.92 Å². The monoisotopic (exact) mass is 210 g/mol. The first-order valence-electron chi connectivity index (χ1n) is 6.12. The fourth-order valence-electron chi connectivity index (χ4n) is 4.00. The van der Waals surface area contributed by atoms with E-state index in [0.29, 0.717) is 17.8 Å². The minimum absolute atomic E-state index is 0.0369. The van der Waals surface area contributed by atoms with Crippen molar-refractivity contribution in [3.63, 3.8) is 0 Å². The van der Waals surface area contributed by atoms with Crippen molar-refractivity contribution in [1.82, 2.24) is 0 Å². The van der Waals surface area contributed by atoms with E-state index in [1.165, 1.54) is 0 Å². The molecule has 1 N–H and O–H groups in total. The van der Waals surface area contributed by atoms with Crippen molar-refractivity contribution in [3.05, 3.63) is 0 Å². The second kappa shape index (κ2) is 3.21. The van der Waals surface area contributed by atoms with Crippen LogP contribution in [0.25, 0.3) is 0 Å². The van der Waals surface area contributed by atoms with Crippen molar-refractivity contribution >= 4 is 5.97 Å². The molecule has 15 heavy (non-hydrogen) atoms. The summed E-state index contributed by atoms with van der Waals surface area (Å²) in [5.74, 6) is 1.15. The maximum Gasteiger partial charge on any atom is 0.310 e. The van der Waals surface area contributed by atoms with E-state index in [-0.39, 0.29) is 24.1 Å². The summed E-state index contributed by atoms with van der Waals surface area (Å²) in [5, 5.41) is 10.0. The number of hydrogen-bond acceptors (Lipinski definition) is 3. The predicted molar refractivity (Wildman–Crippen MR) is 54.0 cm³/mol. The maximum atomic E-state index is 11.7.